The van der Waals surface area contributed by atoms with E-state index in [1.54, 1.807) is 24.4 Å². The van der Waals surface area contributed by atoms with Crippen LogP contribution in [0.5, 0.6) is 0 Å². The second-order valence-corrected chi connectivity index (χ2v) is 4.68. The topological polar surface area (TPSA) is 46.9 Å². The van der Waals surface area contributed by atoms with Crippen molar-refractivity contribution < 1.29 is 4.79 Å². The van der Waals surface area contributed by atoms with E-state index >= 15 is 0 Å². The summed E-state index contributed by atoms with van der Waals surface area (Å²) in [6, 6.07) is 13.5. The minimum atomic E-state index is -0.154. The maximum atomic E-state index is 12.0. The number of nitrogens with zero attached hydrogens (tertiary/aromatic N) is 2. The Morgan fingerprint density at radius 3 is 2.80 bits per heavy atom. The lowest BCUT2D eigenvalue weighted by atomic mass is 10.2. The Balaban J connectivity index is 1.79. The third-order valence-corrected chi connectivity index (χ3v) is 3.32. The third kappa shape index (κ3) is 2.28. The number of para-hydroxylation sites is 1. The normalized spacial score (nSPS) is 10.7. The van der Waals surface area contributed by atoms with Crippen LogP contribution in [0.1, 0.15) is 16.1 Å². The number of aryl methyl sites for hydroxylation is 1. The fourth-order valence-electron chi connectivity index (χ4n) is 2.33. The summed E-state index contributed by atoms with van der Waals surface area (Å²) in [6.45, 7) is 0.497. The van der Waals surface area contributed by atoms with Crippen molar-refractivity contribution in [3.8, 4) is 0 Å². The number of fused-ring (bicyclic) bond motifs is 1. The molecule has 1 amide bonds. The molecule has 0 radical (unpaired) electrons. The molecule has 0 fully saturated rings. The van der Waals surface area contributed by atoms with Crippen LogP contribution in [0.3, 0.4) is 0 Å². The second kappa shape index (κ2) is 5.17. The van der Waals surface area contributed by atoms with Crippen molar-refractivity contribution in [3.63, 3.8) is 0 Å². The predicted molar refractivity (Wildman–Crippen MR) is 78.3 cm³/mol. The van der Waals surface area contributed by atoms with E-state index in [9.17, 15) is 4.79 Å². The molecule has 0 saturated carbocycles. The number of rotatable bonds is 3. The van der Waals surface area contributed by atoms with E-state index in [1.165, 1.54) is 0 Å². The Morgan fingerprint density at radius 2 is 2.00 bits per heavy atom. The molecule has 0 spiro atoms. The molecule has 0 aliphatic carbocycles. The molecule has 4 heteroatoms. The van der Waals surface area contributed by atoms with E-state index in [0.717, 1.165) is 16.5 Å². The largest absolute Gasteiger partial charge is 0.350 e. The average molecular weight is 265 g/mol. The van der Waals surface area contributed by atoms with Crippen molar-refractivity contribution >= 4 is 16.8 Å². The first-order valence-electron chi connectivity index (χ1n) is 6.48. The first-order valence-corrected chi connectivity index (χ1v) is 6.48. The number of nitrogens with one attached hydrogen (secondary N) is 1. The van der Waals surface area contributed by atoms with Crippen LogP contribution in [0, 0.1) is 0 Å². The summed E-state index contributed by atoms with van der Waals surface area (Å²) >= 11 is 0. The summed E-state index contributed by atoms with van der Waals surface area (Å²) in [5.41, 5.74) is 2.70. The fraction of sp³-hybridized carbons (Fsp3) is 0.125. The molecule has 1 aromatic carbocycles. The number of carbonyl (C=O) groups is 1. The van der Waals surface area contributed by atoms with Gasteiger partial charge < -0.3 is 9.88 Å². The van der Waals surface area contributed by atoms with Crippen molar-refractivity contribution in [1.29, 1.82) is 0 Å². The summed E-state index contributed by atoms with van der Waals surface area (Å²) < 4.78 is 2.07. The second-order valence-electron chi connectivity index (χ2n) is 4.68. The molecule has 2 heterocycles. The summed E-state index contributed by atoms with van der Waals surface area (Å²) in [4.78, 5) is 16.0. The third-order valence-electron chi connectivity index (χ3n) is 3.32. The van der Waals surface area contributed by atoms with Gasteiger partial charge in [-0.15, -0.1) is 0 Å². The van der Waals surface area contributed by atoms with Crippen LogP contribution < -0.4 is 5.32 Å². The zero-order valence-electron chi connectivity index (χ0n) is 11.2. The van der Waals surface area contributed by atoms with Gasteiger partial charge in [0, 0.05) is 36.9 Å². The van der Waals surface area contributed by atoms with Gasteiger partial charge in [0.25, 0.3) is 5.91 Å². The quantitative estimate of drug-likeness (QED) is 0.791. The number of pyridine rings is 1. The molecule has 1 N–H and O–H groups in total. The van der Waals surface area contributed by atoms with E-state index in [0.29, 0.717) is 12.2 Å². The molecule has 0 unspecified atom stereocenters. The van der Waals surface area contributed by atoms with Gasteiger partial charge in [0.05, 0.1) is 0 Å². The minimum Gasteiger partial charge on any atom is -0.350 e. The lowest BCUT2D eigenvalue weighted by molar-refractivity contribution is 0.0946. The Kier molecular flexibility index (Phi) is 3.21. The molecular formula is C16H15N3O. The first-order chi connectivity index (χ1) is 9.75. The van der Waals surface area contributed by atoms with E-state index in [1.807, 2.05) is 25.4 Å². The fourth-order valence-corrected chi connectivity index (χ4v) is 2.33. The van der Waals surface area contributed by atoms with Crippen molar-refractivity contribution in [3.05, 3.63) is 66.1 Å². The van der Waals surface area contributed by atoms with E-state index in [-0.39, 0.29) is 5.91 Å². The van der Waals surface area contributed by atoms with Gasteiger partial charge in [-0.3, -0.25) is 9.78 Å². The number of carbonyl (C=O) groups excluding carboxylic acids is 1. The van der Waals surface area contributed by atoms with Gasteiger partial charge in [0.1, 0.15) is 5.69 Å². The standard InChI is InChI=1S/C16H15N3O/c1-19-11-12(13-6-2-3-8-15(13)19)10-18-16(20)14-7-4-5-9-17-14/h2-9,11H,10H2,1H3,(H,18,20). The molecule has 4 nitrogen and oxygen atoms in total. The molecule has 0 bridgehead atoms. The molecule has 3 rings (SSSR count). The Morgan fingerprint density at radius 1 is 1.20 bits per heavy atom. The zero-order valence-corrected chi connectivity index (χ0v) is 11.2. The van der Waals surface area contributed by atoms with Crippen molar-refractivity contribution in [2.24, 2.45) is 7.05 Å². The lowest BCUT2D eigenvalue weighted by Gasteiger charge is -2.03. The maximum absolute atomic E-state index is 12.0. The highest BCUT2D eigenvalue weighted by Gasteiger charge is 2.09. The van der Waals surface area contributed by atoms with Gasteiger partial charge in [0.2, 0.25) is 0 Å². The maximum Gasteiger partial charge on any atom is 0.270 e. The van der Waals surface area contributed by atoms with Crippen LogP contribution in [0.15, 0.2) is 54.9 Å². The number of benzene rings is 1. The summed E-state index contributed by atoms with van der Waals surface area (Å²) in [5.74, 6) is -0.154. The van der Waals surface area contributed by atoms with Crippen LogP contribution in [-0.2, 0) is 13.6 Å². The zero-order chi connectivity index (χ0) is 13.9. The minimum absolute atomic E-state index is 0.154. The molecule has 0 aliphatic heterocycles. The molecule has 3 aromatic rings. The summed E-state index contributed by atoms with van der Waals surface area (Å²) in [5, 5.41) is 4.07. The Hall–Kier alpha value is -2.62. The molecule has 0 aliphatic rings. The van der Waals surface area contributed by atoms with Crippen LogP contribution >= 0.6 is 0 Å². The highest BCUT2D eigenvalue weighted by Crippen LogP contribution is 2.19. The van der Waals surface area contributed by atoms with Crippen LogP contribution in [0.2, 0.25) is 0 Å². The number of aromatic nitrogens is 2. The SMILES string of the molecule is Cn1cc(CNC(=O)c2ccccn2)c2ccccc21. The molecule has 0 atom stereocenters. The predicted octanol–water partition coefficient (Wildman–Crippen LogP) is 2.50. The van der Waals surface area contributed by atoms with E-state index in [4.69, 9.17) is 0 Å². The van der Waals surface area contributed by atoms with Crippen LogP contribution in [0.4, 0.5) is 0 Å². The smallest absolute Gasteiger partial charge is 0.270 e. The molecule has 0 saturated heterocycles. The summed E-state index contributed by atoms with van der Waals surface area (Å²) in [6.07, 6.45) is 3.66. The van der Waals surface area contributed by atoms with Gasteiger partial charge >= 0.3 is 0 Å². The van der Waals surface area contributed by atoms with Gasteiger partial charge in [-0.25, -0.2) is 0 Å². The number of amides is 1. The Bertz CT molecular complexity index is 747. The number of hydrogen-bond donors (Lipinski definition) is 1. The monoisotopic (exact) mass is 265 g/mol. The van der Waals surface area contributed by atoms with Crippen molar-refractivity contribution in [2.45, 2.75) is 6.54 Å². The van der Waals surface area contributed by atoms with Crippen molar-refractivity contribution in [2.75, 3.05) is 0 Å². The van der Waals surface area contributed by atoms with Gasteiger partial charge in [0.15, 0.2) is 0 Å². The van der Waals surface area contributed by atoms with Crippen molar-refractivity contribution in [1.82, 2.24) is 14.9 Å². The van der Waals surface area contributed by atoms with Crippen LogP contribution in [0.25, 0.3) is 10.9 Å². The highest BCUT2D eigenvalue weighted by molar-refractivity contribution is 5.92. The molecule has 100 valence electrons. The van der Waals surface area contributed by atoms with Gasteiger partial charge in [-0.1, -0.05) is 24.3 Å². The lowest BCUT2D eigenvalue weighted by Crippen LogP contribution is -2.23. The molecular weight excluding hydrogens is 250 g/mol. The Labute approximate surface area is 117 Å². The van der Waals surface area contributed by atoms with Crippen LogP contribution in [-0.4, -0.2) is 15.5 Å². The van der Waals surface area contributed by atoms with Gasteiger partial charge in [-0.2, -0.15) is 0 Å². The van der Waals surface area contributed by atoms with E-state index < -0.39 is 0 Å². The number of hydrogen-bond acceptors (Lipinski definition) is 2. The first kappa shape index (κ1) is 12.4. The van der Waals surface area contributed by atoms with E-state index in [2.05, 4.69) is 27.0 Å². The van der Waals surface area contributed by atoms with Gasteiger partial charge in [-0.05, 0) is 23.8 Å². The molecule has 2 aromatic heterocycles. The highest BCUT2D eigenvalue weighted by atomic mass is 16.1. The average Bonchev–Trinajstić information content (AvgIpc) is 2.83. The summed E-state index contributed by atoms with van der Waals surface area (Å²) in [7, 11) is 2.01. The molecule has 20 heavy (non-hydrogen) atoms.